The number of carbonyl (C=O) groups excluding carboxylic acids is 1. The summed E-state index contributed by atoms with van der Waals surface area (Å²) in [5.41, 5.74) is 0. The molecule has 0 saturated carbocycles. The van der Waals surface area contributed by atoms with Gasteiger partial charge in [0.25, 0.3) is 0 Å². The fourth-order valence-corrected chi connectivity index (χ4v) is 1.49. The fraction of sp³-hybridized carbons (Fsp3) is 0.727. The first kappa shape index (κ1) is 12.0. The predicted molar refractivity (Wildman–Crippen MR) is 58.2 cm³/mol. The monoisotopic (exact) mass is 210 g/mol. The van der Waals surface area contributed by atoms with Gasteiger partial charge in [-0.2, -0.15) is 0 Å². The van der Waals surface area contributed by atoms with Crippen molar-refractivity contribution in [3.63, 3.8) is 0 Å². The lowest BCUT2D eigenvalue weighted by atomic mass is 10.1. The van der Waals surface area contributed by atoms with Gasteiger partial charge in [-0.05, 0) is 25.8 Å². The van der Waals surface area contributed by atoms with Crippen LogP contribution >= 0.6 is 0 Å². The van der Waals surface area contributed by atoms with E-state index in [4.69, 9.17) is 11.2 Å². The molecule has 1 amide bonds. The SMILES string of the molecule is C#CCNC(=O)C(C)OCC1CCNC1. The normalized spacial score (nSPS) is 22.0. The van der Waals surface area contributed by atoms with Crippen LogP contribution in [-0.4, -0.2) is 38.3 Å². The van der Waals surface area contributed by atoms with E-state index in [2.05, 4.69) is 16.6 Å². The minimum atomic E-state index is -0.418. The average Bonchev–Trinajstić information content (AvgIpc) is 2.75. The summed E-state index contributed by atoms with van der Waals surface area (Å²) in [4.78, 5) is 11.4. The summed E-state index contributed by atoms with van der Waals surface area (Å²) in [7, 11) is 0. The van der Waals surface area contributed by atoms with Gasteiger partial charge in [-0.25, -0.2) is 0 Å². The largest absolute Gasteiger partial charge is 0.368 e. The van der Waals surface area contributed by atoms with Crippen LogP contribution in [0, 0.1) is 18.3 Å². The van der Waals surface area contributed by atoms with Crippen LogP contribution in [0.2, 0.25) is 0 Å². The molecular weight excluding hydrogens is 192 g/mol. The second kappa shape index (κ2) is 6.44. The topological polar surface area (TPSA) is 50.4 Å². The Hall–Kier alpha value is -1.05. The van der Waals surface area contributed by atoms with E-state index in [1.165, 1.54) is 0 Å². The van der Waals surface area contributed by atoms with Gasteiger partial charge >= 0.3 is 0 Å². The first-order valence-electron chi connectivity index (χ1n) is 5.27. The van der Waals surface area contributed by atoms with Crippen LogP contribution < -0.4 is 10.6 Å². The van der Waals surface area contributed by atoms with Crippen LogP contribution in [0.15, 0.2) is 0 Å². The highest BCUT2D eigenvalue weighted by molar-refractivity contribution is 5.80. The quantitative estimate of drug-likeness (QED) is 0.615. The summed E-state index contributed by atoms with van der Waals surface area (Å²) in [6.07, 6.45) is 5.74. The average molecular weight is 210 g/mol. The molecule has 0 aromatic heterocycles. The summed E-state index contributed by atoms with van der Waals surface area (Å²) in [5, 5.41) is 5.84. The Labute approximate surface area is 90.8 Å². The molecule has 0 aliphatic carbocycles. The number of amides is 1. The first-order valence-corrected chi connectivity index (χ1v) is 5.27. The second-order valence-corrected chi connectivity index (χ2v) is 3.76. The van der Waals surface area contributed by atoms with Gasteiger partial charge in [0.05, 0.1) is 13.2 Å². The van der Waals surface area contributed by atoms with E-state index in [-0.39, 0.29) is 12.5 Å². The lowest BCUT2D eigenvalue weighted by Crippen LogP contribution is -2.35. The molecule has 1 rings (SSSR count). The maximum absolute atomic E-state index is 11.4. The highest BCUT2D eigenvalue weighted by Crippen LogP contribution is 2.08. The van der Waals surface area contributed by atoms with E-state index >= 15 is 0 Å². The predicted octanol–water partition coefficient (Wildman–Crippen LogP) is -0.250. The van der Waals surface area contributed by atoms with Gasteiger partial charge in [-0.3, -0.25) is 4.79 Å². The van der Waals surface area contributed by atoms with Crippen molar-refractivity contribution in [1.82, 2.24) is 10.6 Å². The molecule has 0 bridgehead atoms. The van der Waals surface area contributed by atoms with E-state index < -0.39 is 6.10 Å². The fourth-order valence-electron chi connectivity index (χ4n) is 1.49. The molecule has 1 fully saturated rings. The molecule has 0 spiro atoms. The van der Waals surface area contributed by atoms with E-state index in [1.54, 1.807) is 6.92 Å². The molecule has 1 aliphatic heterocycles. The molecule has 4 nitrogen and oxygen atoms in total. The number of hydrogen-bond donors (Lipinski definition) is 2. The van der Waals surface area contributed by atoms with Gasteiger partial charge in [0, 0.05) is 6.54 Å². The maximum atomic E-state index is 11.4. The van der Waals surface area contributed by atoms with Crippen molar-refractivity contribution in [1.29, 1.82) is 0 Å². The standard InChI is InChI=1S/C11H18N2O2/c1-3-5-13-11(14)9(2)15-8-10-4-6-12-7-10/h1,9-10,12H,4-8H2,2H3,(H,13,14). The van der Waals surface area contributed by atoms with Crippen molar-refractivity contribution in [2.45, 2.75) is 19.4 Å². The highest BCUT2D eigenvalue weighted by atomic mass is 16.5. The Bertz CT molecular complexity index is 241. The molecule has 4 heteroatoms. The zero-order valence-corrected chi connectivity index (χ0v) is 9.08. The molecule has 0 aromatic rings. The molecule has 1 heterocycles. The summed E-state index contributed by atoms with van der Waals surface area (Å²) in [5.74, 6) is 2.75. The Morgan fingerprint density at radius 2 is 2.60 bits per heavy atom. The molecule has 2 unspecified atom stereocenters. The lowest BCUT2D eigenvalue weighted by Gasteiger charge is -2.15. The number of nitrogens with one attached hydrogen (secondary N) is 2. The summed E-state index contributed by atoms with van der Waals surface area (Å²) in [6.45, 7) is 4.67. The molecule has 84 valence electrons. The lowest BCUT2D eigenvalue weighted by molar-refractivity contribution is -0.132. The van der Waals surface area contributed by atoms with Gasteiger partial charge in [0.1, 0.15) is 6.10 Å². The highest BCUT2D eigenvalue weighted by Gasteiger charge is 2.18. The molecule has 0 aromatic carbocycles. The van der Waals surface area contributed by atoms with Crippen molar-refractivity contribution < 1.29 is 9.53 Å². The molecule has 15 heavy (non-hydrogen) atoms. The van der Waals surface area contributed by atoms with Crippen LogP contribution in [0.25, 0.3) is 0 Å². The molecule has 1 aliphatic rings. The van der Waals surface area contributed by atoms with Gasteiger partial charge in [0.2, 0.25) is 5.91 Å². The molecular formula is C11H18N2O2. The molecule has 0 radical (unpaired) electrons. The van der Waals surface area contributed by atoms with E-state index in [0.717, 1.165) is 19.5 Å². The summed E-state index contributed by atoms with van der Waals surface area (Å²) < 4.78 is 5.46. The number of ether oxygens (including phenoxy) is 1. The number of hydrogen-bond acceptors (Lipinski definition) is 3. The molecule has 2 N–H and O–H groups in total. The zero-order valence-electron chi connectivity index (χ0n) is 9.08. The van der Waals surface area contributed by atoms with Crippen molar-refractivity contribution in [2.75, 3.05) is 26.2 Å². The number of carbonyl (C=O) groups is 1. The van der Waals surface area contributed by atoms with Gasteiger partial charge in [-0.1, -0.05) is 5.92 Å². The minimum absolute atomic E-state index is 0.140. The zero-order chi connectivity index (χ0) is 11.1. The third kappa shape index (κ3) is 4.32. The van der Waals surface area contributed by atoms with Crippen molar-refractivity contribution >= 4 is 5.91 Å². The molecule has 2 atom stereocenters. The van der Waals surface area contributed by atoms with E-state index in [9.17, 15) is 4.79 Å². The van der Waals surface area contributed by atoms with Crippen LogP contribution in [0.3, 0.4) is 0 Å². The minimum Gasteiger partial charge on any atom is -0.368 e. The van der Waals surface area contributed by atoms with Crippen LogP contribution in [0.5, 0.6) is 0 Å². The summed E-state index contributed by atoms with van der Waals surface area (Å²) >= 11 is 0. The van der Waals surface area contributed by atoms with Crippen molar-refractivity contribution in [3.8, 4) is 12.3 Å². The smallest absolute Gasteiger partial charge is 0.249 e. The Morgan fingerprint density at radius 3 is 3.20 bits per heavy atom. The second-order valence-electron chi connectivity index (χ2n) is 3.76. The summed E-state index contributed by atoms with van der Waals surface area (Å²) in [6, 6.07) is 0. The maximum Gasteiger partial charge on any atom is 0.249 e. The van der Waals surface area contributed by atoms with Gasteiger partial charge in [0.15, 0.2) is 0 Å². The van der Waals surface area contributed by atoms with Crippen LogP contribution in [0.4, 0.5) is 0 Å². The Kier molecular flexibility index (Phi) is 5.16. The number of rotatable bonds is 5. The van der Waals surface area contributed by atoms with E-state index in [1.807, 2.05) is 0 Å². The molecule has 1 saturated heterocycles. The first-order chi connectivity index (χ1) is 7.24. The van der Waals surface area contributed by atoms with Gasteiger partial charge < -0.3 is 15.4 Å². The van der Waals surface area contributed by atoms with Crippen molar-refractivity contribution in [3.05, 3.63) is 0 Å². The van der Waals surface area contributed by atoms with Crippen LogP contribution in [0.1, 0.15) is 13.3 Å². The third-order valence-electron chi connectivity index (χ3n) is 2.48. The van der Waals surface area contributed by atoms with Crippen LogP contribution in [-0.2, 0) is 9.53 Å². The Morgan fingerprint density at radius 1 is 1.80 bits per heavy atom. The van der Waals surface area contributed by atoms with Gasteiger partial charge in [-0.15, -0.1) is 6.42 Å². The Balaban J connectivity index is 2.14. The van der Waals surface area contributed by atoms with Crippen molar-refractivity contribution in [2.24, 2.45) is 5.92 Å². The number of terminal acetylenes is 1. The third-order valence-corrected chi connectivity index (χ3v) is 2.48. The van der Waals surface area contributed by atoms with E-state index in [0.29, 0.717) is 12.5 Å².